The first kappa shape index (κ1) is 76.6. The predicted octanol–water partition coefficient (Wildman–Crippen LogP) is 24.3. The molecule has 0 amide bonds. The standard InChI is InChI=1S/C73H136O6/c1-4-7-10-13-16-19-22-25-27-29-31-32-33-34-35-36-37-38-39-40-42-43-45-48-51-54-57-60-63-66-72(75)78-69-70(68-77-71(74)65-62-59-56-53-50-47-24-21-18-15-12-9-6-3)79-73(76)67-64-61-58-55-52-49-46-44-41-30-28-26-23-20-17-14-11-8-5-2/h17,20,26,28-29,31,70H,4-16,18-19,21-25,27,30,32-69H2,1-3H3/b20-17-,28-26-,31-29-. The maximum absolute atomic E-state index is 12.9. The normalized spacial score (nSPS) is 12.2. The summed E-state index contributed by atoms with van der Waals surface area (Å²) in [5, 5.41) is 0. The second-order valence-electron chi connectivity index (χ2n) is 24.1. The molecule has 0 rings (SSSR count). The molecule has 0 aromatic carbocycles. The van der Waals surface area contributed by atoms with Crippen LogP contribution in [-0.2, 0) is 28.6 Å². The number of rotatable bonds is 66. The van der Waals surface area contributed by atoms with Crippen LogP contribution in [0.4, 0.5) is 0 Å². The summed E-state index contributed by atoms with van der Waals surface area (Å²) in [6, 6.07) is 0. The zero-order valence-corrected chi connectivity index (χ0v) is 53.4. The highest BCUT2D eigenvalue weighted by atomic mass is 16.6. The van der Waals surface area contributed by atoms with Gasteiger partial charge in [-0.25, -0.2) is 0 Å². The van der Waals surface area contributed by atoms with E-state index in [4.69, 9.17) is 14.2 Å². The molecular weight excluding hydrogens is 973 g/mol. The molecule has 0 radical (unpaired) electrons. The van der Waals surface area contributed by atoms with Crippen LogP contribution in [0.2, 0.25) is 0 Å². The molecule has 0 saturated heterocycles. The Bertz CT molecular complexity index is 1320. The molecule has 0 bridgehead atoms. The van der Waals surface area contributed by atoms with Crippen molar-refractivity contribution in [2.45, 2.75) is 399 Å². The lowest BCUT2D eigenvalue weighted by molar-refractivity contribution is -0.167. The smallest absolute Gasteiger partial charge is 0.306 e. The lowest BCUT2D eigenvalue weighted by Crippen LogP contribution is -2.30. The van der Waals surface area contributed by atoms with Crippen molar-refractivity contribution in [3.05, 3.63) is 36.5 Å². The summed E-state index contributed by atoms with van der Waals surface area (Å²) in [4.78, 5) is 38.4. The molecule has 0 spiro atoms. The monoisotopic (exact) mass is 1110 g/mol. The molecule has 1 unspecified atom stereocenters. The summed E-state index contributed by atoms with van der Waals surface area (Å²) in [5.74, 6) is -0.844. The molecule has 6 heteroatoms. The molecule has 0 saturated carbocycles. The Hall–Kier alpha value is -2.37. The Morgan fingerprint density at radius 1 is 0.253 bits per heavy atom. The SMILES string of the molecule is CCCCC/C=C\C/C=C\CCCCCCCCCCCC(=O)OC(COC(=O)CCCCCCCCCCCCCCC)COC(=O)CCCCCCCCCCCCCCCCCCC/C=C\CCCCCCCCCC. The molecule has 0 fully saturated rings. The third kappa shape index (κ3) is 66.3. The second-order valence-corrected chi connectivity index (χ2v) is 24.1. The number of carbonyl (C=O) groups is 3. The highest BCUT2D eigenvalue weighted by Crippen LogP contribution is 2.18. The van der Waals surface area contributed by atoms with E-state index in [2.05, 4.69) is 57.2 Å². The zero-order chi connectivity index (χ0) is 57.1. The van der Waals surface area contributed by atoms with E-state index in [0.29, 0.717) is 19.3 Å². The largest absolute Gasteiger partial charge is 0.462 e. The van der Waals surface area contributed by atoms with E-state index in [-0.39, 0.29) is 31.1 Å². The van der Waals surface area contributed by atoms with Gasteiger partial charge in [0.15, 0.2) is 6.10 Å². The van der Waals surface area contributed by atoms with E-state index in [1.807, 2.05) is 0 Å². The van der Waals surface area contributed by atoms with Gasteiger partial charge in [0.25, 0.3) is 0 Å². The molecular formula is C73H136O6. The first-order chi connectivity index (χ1) is 39.0. The van der Waals surface area contributed by atoms with Gasteiger partial charge in [-0.1, -0.05) is 333 Å². The minimum absolute atomic E-state index is 0.0683. The lowest BCUT2D eigenvalue weighted by Gasteiger charge is -2.18. The molecule has 464 valence electrons. The summed E-state index contributed by atoms with van der Waals surface area (Å²) in [7, 11) is 0. The maximum Gasteiger partial charge on any atom is 0.306 e. The van der Waals surface area contributed by atoms with Crippen molar-refractivity contribution < 1.29 is 28.6 Å². The van der Waals surface area contributed by atoms with Crippen molar-refractivity contribution in [1.29, 1.82) is 0 Å². The van der Waals surface area contributed by atoms with E-state index < -0.39 is 6.10 Å². The van der Waals surface area contributed by atoms with Crippen LogP contribution in [0.25, 0.3) is 0 Å². The van der Waals surface area contributed by atoms with Crippen LogP contribution in [0, 0.1) is 0 Å². The summed E-state index contributed by atoms with van der Waals surface area (Å²) >= 11 is 0. The lowest BCUT2D eigenvalue weighted by atomic mass is 10.0. The number of unbranched alkanes of at least 4 members (excludes halogenated alkanes) is 49. The molecule has 0 aliphatic carbocycles. The van der Waals surface area contributed by atoms with E-state index in [1.54, 1.807) is 0 Å². The van der Waals surface area contributed by atoms with Crippen LogP contribution in [0.1, 0.15) is 393 Å². The highest BCUT2D eigenvalue weighted by Gasteiger charge is 2.19. The summed E-state index contributed by atoms with van der Waals surface area (Å²) in [6.07, 6.45) is 84.6. The van der Waals surface area contributed by atoms with E-state index in [9.17, 15) is 14.4 Å². The van der Waals surface area contributed by atoms with Crippen LogP contribution in [0.15, 0.2) is 36.5 Å². The fraction of sp³-hybridized carbons (Fsp3) is 0.877. The first-order valence-corrected chi connectivity index (χ1v) is 35.5. The number of ether oxygens (including phenoxy) is 3. The van der Waals surface area contributed by atoms with Crippen LogP contribution >= 0.6 is 0 Å². The first-order valence-electron chi connectivity index (χ1n) is 35.5. The Balaban J connectivity index is 4.18. The van der Waals surface area contributed by atoms with Gasteiger partial charge in [-0.2, -0.15) is 0 Å². The molecule has 79 heavy (non-hydrogen) atoms. The van der Waals surface area contributed by atoms with Gasteiger partial charge in [0.1, 0.15) is 13.2 Å². The van der Waals surface area contributed by atoms with Gasteiger partial charge in [0.05, 0.1) is 0 Å². The van der Waals surface area contributed by atoms with Gasteiger partial charge in [-0.05, 0) is 77.0 Å². The molecule has 0 heterocycles. The van der Waals surface area contributed by atoms with Crippen molar-refractivity contribution in [3.63, 3.8) is 0 Å². The summed E-state index contributed by atoms with van der Waals surface area (Å²) in [6.45, 7) is 6.68. The third-order valence-corrected chi connectivity index (χ3v) is 16.1. The van der Waals surface area contributed by atoms with Crippen molar-refractivity contribution in [2.24, 2.45) is 0 Å². The number of allylic oxidation sites excluding steroid dienone is 6. The van der Waals surface area contributed by atoms with E-state index in [0.717, 1.165) is 64.2 Å². The molecule has 0 aromatic heterocycles. The van der Waals surface area contributed by atoms with Crippen LogP contribution in [0.5, 0.6) is 0 Å². The minimum atomic E-state index is -0.772. The highest BCUT2D eigenvalue weighted by molar-refractivity contribution is 5.71. The van der Waals surface area contributed by atoms with Crippen LogP contribution < -0.4 is 0 Å². The Kier molecular flexibility index (Phi) is 66.1. The molecule has 0 aliphatic heterocycles. The van der Waals surface area contributed by atoms with Crippen LogP contribution in [0.3, 0.4) is 0 Å². The zero-order valence-electron chi connectivity index (χ0n) is 53.4. The van der Waals surface area contributed by atoms with E-state index in [1.165, 1.54) is 289 Å². The number of hydrogen-bond donors (Lipinski definition) is 0. The third-order valence-electron chi connectivity index (χ3n) is 16.1. The van der Waals surface area contributed by atoms with Crippen molar-refractivity contribution in [3.8, 4) is 0 Å². The van der Waals surface area contributed by atoms with Crippen molar-refractivity contribution >= 4 is 17.9 Å². The molecule has 6 nitrogen and oxygen atoms in total. The van der Waals surface area contributed by atoms with Gasteiger partial charge in [-0.15, -0.1) is 0 Å². The average Bonchev–Trinajstić information content (AvgIpc) is 3.45. The number of hydrogen-bond acceptors (Lipinski definition) is 6. The fourth-order valence-corrected chi connectivity index (χ4v) is 10.8. The molecule has 0 N–H and O–H groups in total. The minimum Gasteiger partial charge on any atom is -0.462 e. The molecule has 1 atom stereocenters. The van der Waals surface area contributed by atoms with Crippen LogP contribution in [-0.4, -0.2) is 37.2 Å². The van der Waals surface area contributed by atoms with Gasteiger partial charge in [0.2, 0.25) is 0 Å². The average molecular weight is 1110 g/mol. The quantitative estimate of drug-likeness (QED) is 0.0261. The summed E-state index contributed by atoms with van der Waals surface area (Å²) in [5.41, 5.74) is 0. The fourth-order valence-electron chi connectivity index (χ4n) is 10.8. The number of esters is 3. The van der Waals surface area contributed by atoms with Crippen molar-refractivity contribution in [2.75, 3.05) is 13.2 Å². The van der Waals surface area contributed by atoms with Gasteiger partial charge >= 0.3 is 17.9 Å². The van der Waals surface area contributed by atoms with Gasteiger partial charge in [-0.3, -0.25) is 14.4 Å². The Morgan fingerprint density at radius 3 is 0.734 bits per heavy atom. The second kappa shape index (κ2) is 68.1. The summed E-state index contributed by atoms with van der Waals surface area (Å²) < 4.78 is 17.0. The van der Waals surface area contributed by atoms with Gasteiger partial charge in [0, 0.05) is 19.3 Å². The maximum atomic E-state index is 12.9. The molecule has 0 aromatic rings. The Labute approximate surface area is 493 Å². The van der Waals surface area contributed by atoms with E-state index >= 15 is 0 Å². The number of carbonyl (C=O) groups excluding carboxylic acids is 3. The molecule has 0 aliphatic rings. The topological polar surface area (TPSA) is 78.9 Å². The predicted molar refractivity (Wildman–Crippen MR) is 344 cm³/mol. The van der Waals surface area contributed by atoms with Gasteiger partial charge < -0.3 is 14.2 Å². The Morgan fingerprint density at radius 2 is 0.456 bits per heavy atom. The van der Waals surface area contributed by atoms with Crippen molar-refractivity contribution in [1.82, 2.24) is 0 Å².